The Morgan fingerprint density at radius 1 is 1.00 bits per heavy atom. The number of hydrogen-bond donors (Lipinski definition) is 2. The molecule has 0 rings (SSSR count). The van der Waals surface area contributed by atoms with Crippen molar-refractivity contribution in [2.45, 2.75) is 26.7 Å². The van der Waals surface area contributed by atoms with Gasteiger partial charge in [-0.05, 0) is 0 Å². The highest BCUT2D eigenvalue weighted by Crippen LogP contribution is 1.80. The summed E-state index contributed by atoms with van der Waals surface area (Å²) in [6, 6.07) is 0. The van der Waals surface area contributed by atoms with Crippen LogP contribution in [-0.2, 0) is 19.3 Å². The first-order valence-corrected chi connectivity index (χ1v) is 3.60. The zero-order valence-electron chi connectivity index (χ0n) is 7.05. The van der Waals surface area contributed by atoms with Crippen molar-refractivity contribution in [1.82, 2.24) is 11.2 Å². The third-order valence-corrected chi connectivity index (χ3v) is 0.949. The van der Waals surface area contributed by atoms with E-state index in [-0.39, 0.29) is 12.8 Å². The second-order valence-electron chi connectivity index (χ2n) is 1.86. The summed E-state index contributed by atoms with van der Waals surface area (Å²) in [5, 5.41) is 0. The van der Waals surface area contributed by atoms with Crippen LogP contribution in [0.25, 0.3) is 0 Å². The first kappa shape index (κ1) is 10.9. The second-order valence-corrected chi connectivity index (χ2v) is 1.86. The first-order chi connectivity index (χ1) is 5.70. The largest absolute Gasteiger partial charge is 0.353 e. The van der Waals surface area contributed by atoms with Crippen molar-refractivity contribution in [3.8, 4) is 0 Å². The molecule has 6 heteroatoms. The molecule has 70 valence electrons. The van der Waals surface area contributed by atoms with Crippen molar-refractivity contribution in [3.05, 3.63) is 0 Å². The predicted octanol–water partition coefficient (Wildman–Crippen LogP) is -0.183. The SMILES string of the molecule is CCC(=O)ONNOC(=O)CC. The van der Waals surface area contributed by atoms with Crippen LogP contribution in [0.1, 0.15) is 26.7 Å². The second kappa shape index (κ2) is 6.56. The molecular weight excluding hydrogens is 164 g/mol. The van der Waals surface area contributed by atoms with Crippen LogP contribution in [0.3, 0.4) is 0 Å². The first-order valence-electron chi connectivity index (χ1n) is 3.60. The Morgan fingerprint density at radius 3 is 1.58 bits per heavy atom. The van der Waals surface area contributed by atoms with Crippen molar-refractivity contribution in [2.24, 2.45) is 0 Å². The van der Waals surface area contributed by atoms with E-state index in [0.717, 1.165) is 0 Å². The number of carbonyl (C=O) groups excluding carboxylic acids is 2. The Labute approximate surface area is 70.1 Å². The van der Waals surface area contributed by atoms with Crippen LogP contribution in [0.5, 0.6) is 0 Å². The fraction of sp³-hybridized carbons (Fsp3) is 0.667. The number of carbonyl (C=O) groups is 2. The Hall–Kier alpha value is -1.14. The molecule has 6 nitrogen and oxygen atoms in total. The summed E-state index contributed by atoms with van der Waals surface area (Å²) in [6.45, 7) is 3.28. The van der Waals surface area contributed by atoms with Crippen LogP contribution in [0.15, 0.2) is 0 Å². The third kappa shape index (κ3) is 5.63. The van der Waals surface area contributed by atoms with Gasteiger partial charge in [0.15, 0.2) is 0 Å². The molecule has 0 aromatic heterocycles. The summed E-state index contributed by atoms with van der Waals surface area (Å²) in [7, 11) is 0. The molecule has 0 atom stereocenters. The highest BCUT2D eigenvalue weighted by molar-refractivity contribution is 5.69. The lowest BCUT2D eigenvalue weighted by molar-refractivity contribution is -0.177. The summed E-state index contributed by atoms with van der Waals surface area (Å²) < 4.78 is 0. The van der Waals surface area contributed by atoms with Crippen LogP contribution in [0.2, 0.25) is 0 Å². The molecule has 0 aromatic rings. The lowest BCUT2D eigenvalue weighted by atomic mass is 10.5. The van der Waals surface area contributed by atoms with Crippen LogP contribution < -0.4 is 11.2 Å². The van der Waals surface area contributed by atoms with Crippen LogP contribution in [0, 0.1) is 0 Å². The highest BCUT2D eigenvalue weighted by Gasteiger charge is 1.99. The number of hydrogen-bond acceptors (Lipinski definition) is 6. The van der Waals surface area contributed by atoms with E-state index in [1.165, 1.54) is 0 Å². The van der Waals surface area contributed by atoms with Gasteiger partial charge in [0.25, 0.3) is 0 Å². The number of hydrazine groups is 1. The maximum absolute atomic E-state index is 10.5. The predicted molar refractivity (Wildman–Crippen MR) is 39.0 cm³/mol. The van der Waals surface area contributed by atoms with E-state index in [0.29, 0.717) is 0 Å². The molecule has 0 radical (unpaired) electrons. The van der Waals surface area contributed by atoms with Gasteiger partial charge in [0.1, 0.15) is 0 Å². The average Bonchev–Trinajstić information content (AvgIpc) is 2.11. The van der Waals surface area contributed by atoms with Crippen LogP contribution in [0.4, 0.5) is 0 Å². The molecule has 0 amide bonds. The fourth-order valence-electron chi connectivity index (χ4n) is 0.300. The lowest BCUT2D eigenvalue weighted by Crippen LogP contribution is -2.35. The Bertz CT molecular complexity index is 142. The van der Waals surface area contributed by atoms with Gasteiger partial charge in [-0.2, -0.15) is 0 Å². The molecule has 0 aliphatic heterocycles. The Balaban J connectivity index is 3.21. The Morgan fingerprint density at radius 2 is 1.33 bits per heavy atom. The van der Waals surface area contributed by atoms with Crippen molar-refractivity contribution in [3.63, 3.8) is 0 Å². The highest BCUT2D eigenvalue weighted by atomic mass is 16.8. The van der Waals surface area contributed by atoms with Gasteiger partial charge in [0, 0.05) is 12.8 Å². The third-order valence-electron chi connectivity index (χ3n) is 0.949. The smallest absolute Gasteiger partial charge is 0.326 e. The van der Waals surface area contributed by atoms with Crippen LogP contribution >= 0.6 is 0 Å². The molecule has 0 aromatic carbocycles. The van der Waals surface area contributed by atoms with E-state index in [1.54, 1.807) is 13.8 Å². The summed E-state index contributed by atoms with van der Waals surface area (Å²) in [4.78, 5) is 29.5. The van der Waals surface area contributed by atoms with Crippen molar-refractivity contribution in [2.75, 3.05) is 0 Å². The molecule has 0 aliphatic carbocycles. The van der Waals surface area contributed by atoms with E-state index in [1.807, 2.05) is 11.2 Å². The average molecular weight is 176 g/mol. The number of nitrogens with one attached hydrogen (secondary N) is 2. The zero-order valence-corrected chi connectivity index (χ0v) is 7.05. The van der Waals surface area contributed by atoms with E-state index >= 15 is 0 Å². The minimum absolute atomic E-state index is 0.246. The lowest BCUT2D eigenvalue weighted by Gasteiger charge is -2.04. The van der Waals surface area contributed by atoms with Gasteiger partial charge in [-0.1, -0.05) is 25.0 Å². The van der Waals surface area contributed by atoms with Gasteiger partial charge in [0.05, 0.1) is 0 Å². The maximum atomic E-state index is 10.5. The van der Waals surface area contributed by atoms with E-state index in [2.05, 4.69) is 9.68 Å². The summed E-state index contributed by atoms with van der Waals surface area (Å²) >= 11 is 0. The molecule has 0 heterocycles. The Kier molecular flexibility index (Phi) is 5.94. The topological polar surface area (TPSA) is 76.7 Å². The van der Waals surface area contributed by atoms with Gasteiger partial charge in [-0.3, -0.25) is 9.59 Å². The fourth-order valence-corrected chi connectivity index (χ4v) is 0.300. The molecule has 0 aliphatic rings. The van der Waals surface area contributed by atoms with E-state index in [9.17, 15) is 9.59 Å². The summed E-state index contributed by atoms with van der Waals surface area (Å²) in [5.74, 6) is -0.898. The molecule has 12 heavy (non-hydrogen) atoms. The summed E-state index contributed by atoms with van der Waals surface area (Å²) in [5.41, 5.74) is 3.92. The minimum Gasteiger partial charge on any atom is -0.353 e. The quantitative estimate of drug-likeness (QED) is 0.447. The van der Waals surface area contributed by atoms with Gasteiger partial charge in [-0.15, -0.1) is 0 Å². The molecule has 0 bridgehead atoms. The minimum atomic E-state index is -0.449. The molecular formula is C6H12N2O4. The molecule has 2 N–H and O–H groups in total. The summed E-state index contributed by atoms with van der Waals surface area (Å²) in [6.07, 6.45) is 0.493. The van der Waals surface area contributed by atoms with E-state index in [4.69, 9.17) is 0 Å². The van der Waals surface area contributed by atoms with Crippen molar-refractivity contribution in [1.29, 1.82) is 0 Å². The van der Waals surface area contributed by atoms with Crippen molar-refractivity contribution < 1.29 is 19.3 Å². The van der Waals surface area contributed by atoms with Gasteiger partial charge in [0.2, 0.25) is 0 Å². The maximum Gasteiger partial charge on any atom is 0.326 e. The zero-order chi connectivity index (χ0) is 9.40. The normalized spacial score (nSPS) is 9.17. The van der Waals surface area contributed by atoms with Crippen molar-refractivity contribution >= 4 is 11.9 Å². The van der Waals surface area contributed by atoms with Gasteiger partial charge in [-0.25, -0.2) is 0 Å². The molecule has 0 unspecified atom stereocenters. The molecule has 0 fully saturated rings. The number of rotatable bonds is 5. The van der Waals surface area contributed by atoms with E-state index < -0.39 is 11.9 Å². The molecule has 0 saturated carbocycles. The standard InChI is InChI=1S/C6H12N2O4/c1-3-5(9)11-7-8-12-6(10)4-2/h7-8H,3-4H2,1-2H3. The molecule has 0 spiro atoms. The van der Waals surface area contributed by atoms with Gasteiger partial charge >= 0.3 is 11.9 Å². The molecule has 0 saturated heterocycles. The van der Waals surface area contributed by atoms with Crippen LogP contribution in [-0.4, -0.2) is 11.9 Å². The monoisotopic (exact) mass is 176 g/mol. The van der Waals surface area contributed by atoms with Gasteiger partial charge < -0.3 is 9.68 Å².